The van der Waals surface area contributed by atoms with Gasteiger partial charge in [-0.2, -0.15) is 0 Å². The molecule has 0 saturated heterocycles. The molecule has 0 aromatic rings. The van der Waals surface area contributed by atoms with Gasteiger partial charge in [0.15, 0.2) is 0 Å². The van der Waals surface area contributed by atoms with Gasteiger partial charge in [-0.3, -0.25) is 0 Å². The lowest BCUT2D eigenvalue weighted by Gasteiger charge is -2.43. The van der Waals surface area contributed by atoms with Crippen molar-refractivity contribution in [3.8, 4) is 0 Å². The number of hydrogen-bond donors (Lipinski definition) is 1. The third-order valence-corrected chi connectivity index (χ3v) is 2.44. The number of nitrogens with two attached hydrogens (primary N) is 1. The van der Waals surface area contributed by atoms with Gasteiger partial charge in [-0.15, -0.1) is 0 Å². The molecule has 0 aromatic carbocycles. The van der Waals surface area contributed by atoms with Crippen molar-refractivity contribution in [2.75, 3.05) is 7.11 Å². The van der Waals surface area contributed by atoms with Gasteiger partial charge >= 0.3 is 0 Å². The fraction of sp³-hybridized carbons (Fsp3) is 1.00. The molecular formula is C7H15NO. The minimum absolute atomic E-state index is 0.0417. The monoisotopic (exact) mass is 129 g/mol. The van der Waals surface area contributed by atoms with Crippen LogP contribution in [-0.4, -0.2) is 18.8 Å². The highest BCUT2D eigenvalue weighted by atomic mass is 16.5. The lowest BCUT2D eigenvalue weighted by Crippen LogP contribution is -2.52. The molecule has 0 heterocycles. The summed E-state index contributed by atoms with van der Waals surface area (Å²) < 4.78 is 5.31. The lowest BCUT2D eigenvalue weighted by atomic mass is 9.75. The summed E-state index contributed by atoms with van der Waals surface area (Å²) in [5, 5.41) is 0. The zero-order valence-corrected chi connectivity index (χ0v) is 6.18. The first kappa shape index (κ1) is 7.03. The Labute approximate surface area is 56.4 Å². The van der Waals surface area contributed by atoms with Gasteiger partial charge in [0.1, 0.15) is 0 Å². The molecule has 1 fully saturated rings. The number of ether oxygens (including phenoxy) is 1. The van der Waals surface area contributed by atoms with Gasteiger partial charge in [0.25, 0.3) is 0 Å². The van der Waals surface area contributed by atoms with Crippen molar-refractivity contribution >= 4 is 0 Å². The SMILES string of the molecule is COC1([C@@H](C)N)CCC1. The van der Waals surface area contributed by atoms with E-state index < -0.39 is 0 Å². The maximum absolute atomic E-state index is 5.72. The average Bonchev–Trinajstić information content (AvgIpc) is 1.62. The third-order valence-electron chi connectivity index (χ3n) is 2.44. The van der Waals surface area contributed by atoms with Crippen LogP contribution < -0.4 is 5.73 Å². The molecule has 0 radical (unpaired) electrons. The van der Waals surface area contributed by atoms with Crippen LogP contribution in [0.2, 0.25) is 0 Å². The van der Waals surface area contributed by atoms with Gasteiger partial charge < -0.3 is 10.5 Å². The van der Waals surface area contributed by atoms with E-state index in [9.17, 15) is 0 Å². The van der Waals surface area contributed by atoms with E-state index in [-0.39, 0.29) is 11.6 Å². The Kier molecular flexibility index (Phi) is 1.78. The van der Waals surface area contributed by atoms with Gasteiger partial charge in [0.2, 0.25) is 0 Å². The molecule has 1 saturated carbocycles. The van der Waals surface area contributed by atoms with Crippen molar-refractivity contribution < 1.29 is 4.74 Å². The Balaban J connectivity index is 2.46. The van der Waals surface area contributed by atoms with Crippen molar-refractivity contribution in [2.24, 2.45) is 5.73 Å². The third kappa shape index (κ3) is 0.970. The van der Waals surface area contributed by atoms with E-state index in [1.54, 1.807) is 7.11 Å². The zero-order valence-electron chi connectivity index (χ0n) is 6.18. The summed E-state index contributed by atoms with van der Waals surface area (Å²) in [6.07, 6.45) is 3.55. The van der Waals surface area contributed by atoms with Gasteiger partial charge in [-0.25, -0.2) is 0 Å². The second kappa shape index (κ2) is 2.27. The van der Waals surface area contributed by atoms with Gasteiger partial charge in [0.05, 0.1) is 5.60 Å². The molecular weight excluding hydrogens is 114 g/mol. The van der Waals surface area contributed by atoms with Crippen molar-refractivity contribution in [2.45, 2.75) is 37.8 Å². The summed E-state index contributed by atoms with van der Waals surface area (Å²) >= 11 is 0. The molecule has 0 aromatic heterocycles. The van der Waals surface area contributed by atoms with E-state index in [1.165, 1.54) is 6.42 Å². The summed E-state index contributed by atoms with van der Waals surface area (Å²) in [7, 11) is 1.75. The van der Waals surface area contributed by atoms with Gasteiger partial charge in [0, 0.05) is 13.2 Å². The minimum Gasteiger partial charge on any atom is -0.377 e. The van der Waals surface area contributed by atoms with Gasteiger partial charge in [-0.05, 0) is 26.2 Å². The highest BCUT2D eigenvalue weighted by Gasteiger charge is 2.40. The Morgan fingerprint density at radius 1 is 1.56 bits per heavy atom. The van der Waals surface area contributed by atoms with E-state index in [1.807, 2.05) is 6.92 Å². The summed E-state index contributed by atoms with van der Waals surface area (Å²) in [6, 6.07) is 0.191. The Morgan fingerprint density at radius 3 is 2.11 bits per heavy atom. The average molecular weight is 129 g/mol. The maximum atomic E-state index is 5.72. The van der Waals surface area contributed by atoms with Crippen molar-refractivity contribution in [3.63, 3.8) is 0 Å². The Bertz CT molecular complexity index is 91.6. The topological polar surface area (TPSA) is 35.2 Å². The van der Waals surface area contributed by atoms with Gasteiger partial charge in [-0.1, -0.05) is 0 Å². The number of methoxy groups -OCH3 is 1. The van der Waals surface area contributed by atoms with E-state index in [4.69, 9.17) is 10.5 Å². The summed E-state index contributed by atoms with van der Waals surface area (Å²) in [5.74, 6) is 0. The number of rotatable bonds is 2. The molecule has 2 N–H and O–H groups in total. The van der Waals surface area contributed by atoms with Crippen LogP contribution in [0.4, 0.5) is 0 Å². The van der Waals surface area contributed by atoms with Crippen LogP contribution in [0, 0.1) is 0 Å². The Morgan fingerprint density at radius 2 is 2.11 bits per heavy atom. The Hall–Kier alpha value is -0.0800. The maximum Gasteiger partial charge on any atom is 0.0826 e. The van der Waals surface area contributed by atoms with E-state index in [0.717, 1.165) is 12.8 Å². The van der Waals surface area contributed by atoms with E-state index >= 15 is 0 Å². The largest absolute Gasteiger partial charge is 0.377 e. The van der Waals surface area contributed by atoms with Crippen LogP contribution >= 0.6 is 0 Å². The van der Waals surface area contributed by atoms with Crippen LogP contribution in [0.1, 0.15) is 26.2 Å². The van der Waals surface area contributed by atoms with E-state index in [2.05, 4.69) is 0 Å². The highest BCUT2D eigenvalue weighted by molar-refractivity contribution is 4.95. The second-order valence-electron chi connectivity index (χ2n) is 2.91. The van der Waals surface area contributed by atoms with Crippen molar-refractivity contribution in [1.29, 1.82) is 0 Å². The smallest absolute Gasteiger partial charge is 0.0826 e. The fourth-order valence-corrected chi connectivity index (χ4v) is 1.37. The molecule has 2 heteroatoms. The molecule has 1 aliphatic rings. The predicted molar refractivity (Wildman–Crippen MR) is 37.2 cm³/mol. The first-order valence-electron chi connectivity index (χ1n) is 3.52. The highest BCUT2D eigenvalue weighted by Crippen LogP contribution is 2.36. The standard InChI is InChI=1S/C7H15NO/c1-6(8)7(9-2)4-3-5-7/h6H,3-5,8H2,1-2H3/t6-/m1/s1. The van der Waals surface area contributed by atoms with Crippen LogP contribution in [0.5, 0.6) is 0 Å². The molecule has 0 spiro atoms. The first-order valence-corrected chi connectivity index (χ1v) is 3.52. The summed E-state index contributed by atoms with van der Waals surface area (Å²) in [4.78, 5) is 0. The van der Waals surface area contributed by atoms with Crippen molar-refractivity contribution in [1.82, 2.24) is 0 Å². The quantitative estimate of drug-likeness (QED) is 0.601. The molecule has 9 heavy (non-hydrogen) atoms. The van der Waals surface area contributed by atoms with Crippen LogP contribution in [0.25, 0.3) is 0 Å². The van der Waals surface area contributed by atoms with Crippen LogP contribution in [0.15, 0.2) is 0 Å². The normalized spacial score (nSPS) is 27.0. The van der Waals surface area contributed by atoms with Crippen LogP contribution in [-0.2, 0) is 4.74 Å². The molecule has 0 aliphatic heterocycles. The zero-order chi connectivity index (χ0) is 6.91. The van der Waals surface area contributed by atoms with Crippen LogP contribution in [0.3, 0.4) is 0 Å². The minimum atomic E-state index is 0.0417. The molecule has 1 rings (SSSR count). The summed E-state index contributed by atoms with van der Waals surface area (Å²) in [5.41, 5.74) is 5.76. The first-order chi connectivity index (χ1) is 4.21. The molecule has 0 unspecified atom stereocenters. The molecule has 1 atom stereocenters. The predicted octanol–water partition coefficient (Wildman–Crippen LogP) is 0.903. The van der Waals surface area contributed by atoms with E-state index in [0.29, 0.717) is 0 Å². The molecule has 2 nitrogen and oxygen atoms in total. The lowest BCUT2D eigenvalue weighted by molar-refractivity contribution is -0.0859. The molecule has 54 valence electrons. The fourth-order valence-electron chi connectivity index (χ4n) is 1.37. The van der Waals surface area contributed by atoms with Crippen molar-refractivity contribution in [3.05, 3.63) is 0 Å². The molecule has 0 bridgehead atoms. The molecule has 0 amide bonds. The molecule has 1 aliphatic carbocycles. The second-order valence-corrected chi connectivity index (χ2v) is 2.91. The summed E-state index contributed by atoms with van der Waals surface area (Å²) in [6.45, 7) is 2.02. The number of hydrogen-bond acceptors (Lipinski definition) is 2.